The maximum Gasteiger partial charge on any atom is 0.338 e. The van der Waals surface area contributed by atoms with Gasteiger partial charge in [-0.3, -0.25) is 4.79 Å². The Kier molecular flexibility index (Phi) is 8.26. The predicted octanol–water partition coefficient (Wildman–Crippen LogP) is 4.23. The van der Waals surface area contributed by atoms with E-state index in [-0.39, 0.29) is 0 Å². The summed E-state index contributed by atoms with van der Waals surface area (Å²) in [6, 6.07) is 8.73. The van der Waals surface area contributed by atoms with Crippen molar-refractivity contribution in [1.82, 2.24) is 4.57 Å². The van der Waals surface area contributed by atoms with Crippen LogP contribution >= 0.6 is 11.3 Å². The smallest absolute Gasteiger partial charge is 0.338 e. The molecule has 0 spiro atoms. The summed E-state index contributed by atoms with van der Waals surface area (Å²) in [5.74, 6) is 0.601. The van der Waals surface area contributed by atoms with Crippen molar-refractivity contribution in [2.75, 3.05) is 27.9 Å². The first-order valence-electron chi connectivity index (χ1n) is 10.4. The number of hydrogen-bond acceptors (Lipinski definition) is 7. The van der Waals surface area contributed by atoms with Crippen LogP contribution in [0.1, 0.15) is 22.8 Å². The van der Waals surface area contributed by atoms with Gasteiger partial charge in [-0.25, -0.2) is 4.79 Å². The van der Waals surface area contributed by atoms with E-state index in [9.17, 15) is 9.59 Å². The number of carbonyl (C=O) groups is 2. The number of allylic oxidation sites excluding steroid dienone is 1. The first kappa shape index (κ1) is 24.8. The molecule has 3 rings (SSSR count). The maximum absolute atomic E-state index is 12.7. The third kappa shape index (κ3) is 5.37. The second-order valence-corrected chi connectivity index (χ2v) is 7.94. The van der Waals surface area contributed by atoms with Gasteiger partial charge in [-0.2, -0.15) is 4.99 Å². The van der Waals surface area contributed by atoms with Gasteiger partial charge >= 0.3 is 5.97 Å². The van der Waals surface area contributed by atoms with E-state index in [1.54, 1.807) is 43.3 Å². The summed E-state index contributed by atoms with van der Waals surface area (Å²) >= 11 is 1.31. The van der Waals surface area contributed by atoms with Crippen molar-refractivity contribution in [3.05, 3.63) is 65.0 Å². The van der Waals surface area contributed by atoms with E-state index in [4.69, 9.17) is 18.9 Å². The number of amides is 1. The summed E-state index contributed by atoms with van der Waals surface area (Å²) in [5, 5.41) is 0. The number of nitrogens with zero attached hydrogens (tertiary/aromatic N) is 2. The van der Waals surface area contributed by atoms with Crippen molar-refractivity contribution in [2.24, 2.45) is 4.99 Å². The predicted molar refractivity (Wildman–Crippen MR) is 132 cm³/mol. The van der Waals surface area contributed by atoms with Crippen LogP contribution in [0.5, 0.6) is 17.2 Å². The van der Waals surface area contributed by atoms with E-state index in [1.165, 1.54) is 38.7 Å². The Hall–Kier alpha value is -3.85. The van der Waals surface area contributed by atoms with Gasteiger partial charge in [-0.15, -0.1) is 6.58 Å². The fourth-order valence-corrected chi connectivity index (χ4v) is 4.39. The second kappa shape index (κ2) is 11.3. The van der Waals surface area contributed by atoms with Crippen LogP contribution in [0.15, 0.2) is 54.1 Å². The molecular formula is C25H26N2O6S. The highest BCUT2D eigenvalue weighted by Crippen LogP contribution is 2.38. The van der Waals surface area contributed by atoms with E-state index in [1.807, 2.05) is 10.6 Å². The molecule has 0 saturated heterocycles. The molecule has 0 N–H and O–H groups in total. The van der Waals surface area contributed by atoms with Crippen LogP contribution in [0, 0.1) is 0 Å². The van der Waals surface area contributed by atoms with Gasteiger partial charge < -0.3 is 23.5 Å². The number of fused-ring (bicyclic) bond motifs is 1. The zero-order chi connectivity index (χ0) is 24.7. The first-order chi connectivity index (χ1) is 16.4. The van der Waals surface area contributed by atoms with Crippen molar-refractivity contribution in [3.8, 4) is 17.2 Å². The van der Waals surface area contributed by atoms with Crippen molar-refractivity contribution >= 4 is 39.5 Å². The lowest BCUT2D eigenvalue weighted by Gasteiger charge is -2.12. The lowest BCUT2D eigenvalue weighted by Crippen LogP contribution is -2.15. The average molecular weight is 483 g/mol. The SMILES string of the molecule is C=CCn1c(=NC(=O)C=Cc2cc(OC)c(OC)c(OC)c2)sc2cc(C(=O)OCC)ccc21. The summed E-state index contributed by atoms with van der Waals surface area (Å²) < 4.78 is 23.8. The number of methoxy groups -OCH3 is 3. The first-order valence-corrected chi connectivity index (χ1v) is 11.3. The third-order valence-corrected chi connectivity index (χ3v) is 5.86. The van der Waals surface area contributed by atoms with Crippen LogP contribution in [0.3, 0.4) is 0 Å². The summed E-state index contributed by atoms with van der Waals surface area (Å²) in [4.78, 5) is 29.5. The lowest BCUT2D eigenvalue weighted by atomic mass is 10.1. The van der Waals surface area contributed by atoms with Crippen LogP contribution in [-0.2, 0) is 16.1 Å². The van der Waals surface area contributed by atoms with Crippen molar-refractivity contribution in [2.45, 2.75) is 13.5 Å². The largest absolute Gasteiger partial charge is 0.493 e. The minimum absolute atomic E-state index is 0.297. The molecule has 1 amide bonds. The Morgan fingerprint density at radius 2 is 1.79 bits per heavy atom. The molecule has 0 radical (unpaired) electrons. The molecular weight excluding hydrogens is 456 g/mol. The second-order valence-electron chi connectivity index (χ2n) is 6.93. The Labute approximate surface area is 201 Å². The summed E-state index contributed by atoms with van der Waals surface area (Å²) in [5.41, 5.74) is 1.98. The molecule has 34 heavy (non-hydrogen) atoms. The lowest BCUT2D eigenvalue weighted by molar-refractivity contribution is -0.113. The quantitative estimate of drug-likeness (QED) is 0.258. The van der Waals surface area contributed by atoms with Crippen LogP contribution in [0.25, 0.3) is 16.3 Å². The van der Waals surface area contributed by atoms with Gasteiger partial charge in [0.15, 0.2) is 16.3 Å². The highest BCUT2D eigenvalue weighted by molar-refractivity contribution is 7.16. The standard InChI is InChI=1S/C25H26N2O6S/c1-6-12-27-18-10-9-17(24(29)33-7-2)15-21(18)34-25(27)26-22(28)11-8-16-13-19(30-3)23(32-5)20(14-16)31-4/h6,8-11,13-15H,1,7,12H2,2-5H3. The fourth-order valence-electron chi connectivity index (χ4n) is 3.30. The van der Waals surface area contributed by atoms with Gasteiger partial charge in [-0.1, -0.05) is 17.4 Å². The molecule has 1 heterocycles. The summed E-state index contributed by atoms with van der Waals surface area (Å²) in [7, 11) is 4.58. The summed E-state index contributed by atoms with van der Waals surface area (Å²) in [6.07, 6.45) is 4.72. The number of hydrogen-bond donors (Lipinski definition) is 0. The molecule has 3 aromatic rings. The molecule has 0 saturated carbocycles. The fraction of sp³-hybridized carbons (Fsp3) is 0.240. The van der Waals surface area contributed by atoms with Gasteiger partial charge in [-0.05, 0) is 48.9 Å². The van der Waals surface area contributed by atoms with Crippen LogP contribution in [-0.4, -0.2) is 44.4 Å². The number of carbonyl (C=O) groups excluding carboxylic acids is 2. The monoisotopic (exact) mass is 482 g/mol. The Morgan fingerprint density at radius 1 is 1.09 bits per heavy atom. The van der Waals surface area contributed by atoms with Gasteiger partial charge in [0.2, 0.25) is 5.75 Å². The molecule has 178 valence electrons. The van der Waals surface area contributed by atoms with Crippen molar-refractivity contribution < 1.29 is 28.5 Å². The molecule has 0 fully saturated rings. The van der Waals surface area contributed by atoms with Gasteiger partial charge in [0.1, 0.15) is 0 Å². The number of aromatic nitrogens is 1. The van der Waals surface area contributed by atoms with Crippen LogP contribution < -0.4 is 19.0 Å². The molecule has 9 heteroatoms. The number of benzene rings is 2. The van der Waals surface area contributed by atoms with Crippen molar-refractivity contribution in [3.63, 3.8) is 0 Å². The third-order valence-electron chi connectivity index (χ3n) is 4.82. The van der Waals surface area contributed by atoms with Gasteiger partial charge in [0, 0.05) is 12.6 Å². The molecule has 8 nitrogen and oxygen atoms in total. The minimum Gasteiger partial charge on any atom is -0.493 e. The highest BCUT2D eigenvalue weighted by atomic mass is 32.1. The number of esters is 1. The minimum atomic E-state index is -0.441. The molecule has 0 unspecified atom stereocenters. The molecule has 0 aliphatic heterocycles. The molecule has 2 aromatic carbocycles. The molecule has 0 atom stereocenters. The van der Waals surface area contributed by atoms with Gasteiger partial charge in [0.25, 0.3) is 5.91 Å². The number of ether oxygens (including phenoxy) is 4. The van der Waals surface area contributed by atoms with E-state index in [0.717, 1.165) is 10.2 Å². The maximum atomic E-state index is 12.7. The summed E-state index contributed by atoms with van der Waals surface area (Å²) in [6.45, 7) is 6.30. The normalized spacial score (nSPS) is 11.6. The molecule has 0 bridgehead atoms. The Bertz CT molecular complexity index is 1290. The van der Waals surface area contributed by atoms with Gasteiger partial charge in [0.05, 0.1) is 43.7 Å². The molecule has 0 aliphatic carbocycles. The number of thiazole rings is 1. The topological polar surface area (TPSA) is 88.4 Å². The van der Waals surface area contributed by atoms with Crippen LogP contribution in [0.4, 0.5) is 0 Å². The zero-order valence-corrected chi connectivity index (χ0v) is 20.3. The Morgan fingerprint density at radius 3 is 2.38 bits per heavy atom. The van der Waals surface area contributed by atoms with Crippen molar-refractivity contribution in [1.29, 1.82) is 0 Å². The number of rotatable bonds is 9. The van der Waals surface area contributed by atoms with E-state index < -0.39 is 11.9 Å². The molecule has 1 aromatic heterocycles. The van der Waals surface area contributed by atoms with E-state index in [0.29, 0.717) is 46.3 Å². The van der Waals surface area contributed by atoms with E-state index >= 15 is 0 Å². The van der Waals surface area contributed by atoms with Crippen LogP contribution in [0.2, 0.25) is 0 Å². The van der Waals surface area contributed by atoms with E-state index in [2.05, 4.69) is 11.6 Å². The molecule has 0 aliphatic rings. The highest BCUT2D eigenvalue weighted by Gasteiger charge is 2.13. The Balaban J connectivity index is 1.97. The average Bonchev–Trinajstić information content (AvgIpc) is 3.18. The zero-order valence-electron chi connectivity index (χ0n) is 19.5.